The van der Waals surface area contributed by atoms with Crippen LogP contribution in [0.3, 0.4) is 0 Å². The molecule has 0 bridgehead atoms. The van der Waals surface area contributed by atoms with Crippen LogP contribution in [0.2, 0.25) is 0 Å². The Balaban J connectivity index is 2.21. The van der Waals surface area contributed by atoms with Crippen molar-refractivity contribution in [3.8, 4) is 0 Å². The zero-order chi connectivity index (χ0) is 15.6. The highest BCUT2D eigenvalue weighted by Crippen LogP contribution is 2.25. The summed E-state index contributed by atoms with van der Waals surface area (Å²) in [4.78, 5) is 0. The molecule has 0 amide bonds. The Labute approximate surface area is 125 Å². The first-order valence-corrected chi connectivity index (χ1v) is 7.17. The third-order valence-corrected chi connectivity index (χ3v) is 3.82. The Hall–Kier alpha value is -1.74. The average Bonchev–Trinajstić information content (AvgIpc) is 2.37. The van der Waals surface area contributed by atoms with E-state index in [1.165, 1.54) is 29.3 Å². The summed E-state index contributed by atoms with van der Waals surface area (Å²) in [5.41, 5.74) is 3.62. The minimum Gasteiger partial charge on any atom is -0.303 e. The van der Waals surface area contributed by atoms with Crippen LogP contribution >= 0.6 is 0 Å². The molecule has 0 aromatic heterocycles. The third-order valence-electron chi connectivity index (χ3n) is 3.82. The molecule has 2 aromatic carbocycles. The number of aryl methyl sites for hydroxylation is 2. The SMILES string of the molecule is Cc1ccc(C(C)NC(C)c2c(F)cccc2F)c(C)c1. The van der Waals surface area contributed by atoms with Gasteiger partial charge in [-0.3, -0.25) is 0 Å². The van der Waals surface area contributed by atoms with Gasteiger partial charge in [-0.15, -0.1) is 0 Å². The number of rotatable bonds is 4. The van der Waals surface area contributed by atoms with Crippen molar-refractivity contribution >= 4 is 0 Å². The van der Waals surface area contributed by atoms with Crippen LogP contribution in [-0.2, 0) is 0 Å². The molecular weight excluding hydrogens is 268 g/mol. The molecule has 1 N–H and O–H groups in total. The molecule has 2 rings (SSSR count). The fraction of sp³-hybridized carbons (Fsp3) is 0.333. The second-order valence-electron chi connectivity index (χ2n) is 5.61. The van der Waals surface area contributed by atoms with Gasteiger partial charge in [-0.1, -0.05) is 29.8 Å². The van der Waals surface area contributed by atoms with Crippen LogP contribution in [0.15, 0.2) is 36.4 Å². The topological polar surface area (TPSA) is 12.0 Å². The Morgan fingerprint density at radius 1 is 0.905 bits per heavy atom. The summed E-state index contributed by atoms with van der Waals surface area (Å²) in [6, 6.07) is 9.80. The van der Waals surface area contributed by atoms with Crippen molar-refractivity contribution in [1.29, 1.82) is 0 Å². The first kappa shape index (κ1) is 15.6. The molecule has 2 aromatic rings. The van der Waals surface area contributed by atoms with Crippen LogP contribution in [0, 0.1) is 25.5 Å². The molecular formula is C18H21F2N. The molecule has 0 aliphatic heterocycles. The predicted molar refractivity (Wildman–Crippen MR) is 82.2 cm³/mol. The van der Waals surface area contributed by atoms with E-state index in [1.54, 1.807) is 6.92 Å². The van der Waals surface area contributed by atoms with Gasteiger partial charge in [-0.2, -0.15) is 0 Å². The van der Waals surface area contributed by atoms with Crippen molar-refractivity contribution in [2.45, 2.75) is 39.8 Å². The van der Waals surface area contributed by atoms with E-state index in [1.807, 2.05) is 13.8 Å². The molecule has 3 heteroatoms. The Bertz CT molecular complexity index is 617. The number of benzene rings is 2. The van der Waals surface area contributed by atoms with Crippen LogP contribution in [0.25, 0.3) is 0 Å². The monoisotopic (exact) mass is 289 g/mol. The summed E-state index contributed by atoms with van der Waals surface area (Å²) < 4.78 is 27.6. The van der Waals surface area contributed by atoms with Crippen LogP contribution in [0.1, 0.15) is 48.2 Å². The smallest absolute Gasteiger partial charge is 0.130 e. The summed E-state index contributed by atoms with van der Waals surface area (Å²) in [7, 11) is 0. The Kier molecular flexibility index (Phi) is 4.73. The van der Waals surface area contributed by atoms with E-state index in [9.17, 15) is 8.78 Å². The maximum absolute atomic E-state index is 13.8. The molecule has 2 atom stereocenters. The van der Waals surface area contributed by atoms with Crippen molar-refractivity contribution in [2.75, 3.05) is 0 Å². The molecule has 0 radical (unpaired) electrons. The fourth-order valence-electron chi connectivity index (χ4n) is 2.78. The van der Waals surface area contributed by atoms with E-state index in [0.717, 1.165) is 5.56 Å². The van der Waals surface area contributed by atoms with Crippen LogP contribution < -0.4 is 5.32 Å². The summed E-state index contributed by atoms with van der Waals surface area (Å²) >= 11 is 0. The van der Waals surface area contributed by atoms with Crippen LogP contribution in [0.4, 0.5) is 8.78 Å². The minimum absolute atomic E-state index is 0.0135. The maximum Gasteiger partial charge on any atom is 0.130 e. The average molecular weight is 289 g/mol. The minimum atomic E-state index is -0.511. The summed E-state index contributed by atoms with van der Waals surface area (Å²) in [5, 5.41) is 3.27. The van der Waals surface area contributed by atoms with Crippen molar-refractivity contribution in [2.24, 2.45) is 0 Å². The molecule has 0 fully saturated rings. The molecule has 112 valence electrons. The first-order chi connectivity index (χ1) is 9.90. The molecule has 0 aliphatic rings. The zero-order valence-corrected chi connectivity index (χ0v) is 12.9. The molecule has 0 heterocycles. The van der Waals surface area contributed by atoms with E-state index < -0.39 is 17.7 Å². The number of hydrogen-bond acceptors (Lipinski definition) is 1. The quantitative estimate of drug-likeness (QED) is 0.835. The second-order valence-corrected chi connectivity index (χ2v) is 5.61. The summed E-state index contributed by atoms with van der Waals surface area (Å²) in [5.74, 6) is -1.02. The highest BCUT2D eigenvalue weighted by Gasteiger charge is 2.18. The van der Waals surface area contributed by atoms with Gasteiger partial charge in [-0.25, -0.2) is 8.78 Å². The van der Waals surface area contributed by atoms with E-state index >= 15 is 0 Å². The highest BCUT2D eigenvalue weighted by atomic mass is 19.1. The zero-order valence-electron chi connectivity index (χ0n) is 12.9. The Morgan fingerprint density at radius 2 is 1.52 bits per heavy atom. The van der Waals surface area contributed by atoms with E-state index in [0.29, 0.717) is 0 Å². The molecule has 0 aliphatic carbocycles. The van der Waals surface area contributed by atoms with Crippen molar-refractivity contribution in [3.05, 3.63) is 70.3 Å². The van der Waals surface area contributed by atoms with Gasteiger partial charge >= 0.3 is 0 Å². The summed E-state index contributed by atoms with van der Waals surface area (Å²) in [6.45, 7) is 7.88. The van der Waals surface area contributed by atoms with Gasteiger partial charge in [0.25, 0.3) is 0 Å². The normalized spacial score (nSPS) is 14.0. The highest BCUT2D eigenvalue weighted by molar-refractivity contribution is 5.33. The lowest BCUT2D eigenvalue weighted by atomic mass is 9.98. The van der Waals surface area contributed by atoms with Crippen molar-refractivity contribution in [1.82, 2.24) is 5.32 Å². The molecule has 0 saturated heterocycles. The van der Waals surface area contributed by atoms with E-state index in [-0.39, 0.29) is 11.6 Å². The number of nitrogens with one attached hydrogen (secondary N) is 1. The van der Waals surface area contributed by atoms with Gasteiger partial charge in [0.1, 0.15) is 11.6 Å². The van der Waals surface area contributed by atoms with Gasteiger partial charge in [0, 0.05) is 17.6 Å². The maximum atomic E-state index is 13.8. The lowest BCUT2D eigenvalue weighted by molar-refractivity contribution is 0.449. The fourth-order valence-corrected chi connectivity index (χ4v) is 2.78. The molecule has 2 unspecified atom stereocenters. The second kappa shape index (κ2) is 6.35. The Morgan fingerprint density at radius 3 is 2.10 bits per heavy atom. The van der Waals surface area contributed by atoms with Gasteiger partial charge in [0.05, 0.1) is 0 Å². The van der Waals surface area contributed by atoms with E-state index in [4.69, 9.17) is 0 Å². The van der Waals surface area contributed by atoms with Crippen LogP contribution in [-0.4, -0.2) is 0 Å². The number of hydrogen-bond donors (Lipinski definition) is 1. The molecule has 21 heavy (non-hydrogen) atoms. The van der Waals surface area contributed by atoms with Gasteiger partial charge < -0.3 is 5.32 Å². The summed E-state index contributed by atoms with van der Waals surface area (Å²) in [6.07, 6.45) is 0. The van der Waals surface area contributed by atoms with Crippen molar-refractivity contribution in [3.63, 3.8) is 0 Å². The van der Waals surface area contributed by atoms with Gasteiger partial charge in [0.2, 0.25) is 0 Å². The third kappa shape index (κ3) is 3.48. The van der Waals surface area contributed by atoms with Gasteiger partial charge in [0.15, 0.2) is 0 Å². The lowest BCUT2D eigenvalue weighted by Crippen LogP contribution is -2.24. The molecule has 0 saturated carbocycles. The van der Waals surface area contributed by atoms with E-state index in [2.05, 4.69) is 30.4 Å². The largest absolute Gasteiger partial charge is 0.303 e. The first-order valence-electron chi connectivity index (χ1n) is 7.17. The standard InChI is InChI=1S/C18H21F2N/c1-11-8-9-15(12(2)10-11)13(3)21-14(4)18-16(19)6-5-7-17(18)20/h5-10,13-14,21H,1-4H3. The molecule has 0 spiro atoms. The number of halogens is 2. The van der Waals surface area contributed by atoms with Crippen molar-refractivity contribution < 1.29 is 8.78 Å². The van der Waals surface area contributed by atoms with Crippen LogP contribution in [0.5, 0.6) is 0 Å². The predicted octanol–water partition coefficient (Wildman–Crippen LogP) is 4.99. The van der Waals surface area contributed by atoms with Gasteiger partial charge in [-0.05, 0) is 51.0 Å². The lowest BCUT2D eigenvalue weighted by Gasteiger charge is -2.23. The molecule has 1 nitrogen and oxygen atoms in total.